The molecular weight excluding hydrogens is 340 g/mol. The zero-order valence-electron chi connectivity index (χ0n) is 13.4. The smallest absolute Gasteiger partial charge is 0.291 e. The molecule has 0 aliphatic rings. The van der Waals surface area contributed by atoms with E-state index >= 15 is 0 Å². The molecule has 128 valence electrons. The van der Waals surface area contributed by atoms with Crippen molar-refractivity contribution >= 4 is 27.3 Å². The van der Waals surface area contributed by atoms with Crippen LogP contribution in [-0.4, -0.2) is 14.3 Å². The van der Waals surface area contributed by atoms with Crippen molar-refractivity contribution in [2.45, 2.75) is 11.8 Å². The first-order valence-electron chi connectivity index (χ1n) is 7.48. The Kier molecular flexibility index (Phi) is 4.58. The van der Waals surface area contributed by atoms with E-state index in [4.69, 9.17) is 4.42 Å². The largest absolute Gasteiger partial charge is 0.459 e. The van der Waals surface area contributed by atoms with Gasteiger partial charge in [0.05, 0.1) is 11.2 Å². The number of amides is 1. The molecule has 0 unspecified atom stereocenters. The molecule has 1 amide bonds. The lowest BCUT2D eigenvalue weighted by molar-refractivity contribution is 0.0996. The summed E-state index contributed by atoms with van der Waals surface area (Å²) in [5.41, 5.74) is 2.00. The number of sulfonamides is 1. The number of anilines is 2. The molecule has 1 aromatic heterocycles. The van der Waals surface area contributed by atoms with Crippen molar-refractivity contribution < 1.29 is 17.6 Å². The molecule has 3 rings (SSSR count). The van der Waals surface area contributed by atoms with E-state index < -0.39 is 15.9 Å². The van der Waals surface area contributed by atoms with Crippen LogP contribution in [-0.2, 0) is 10.0 Å². The van der Waals surface area contributed by atoms with Crippen molar-refractivity contribution in [2.75, 3.05) is 10.0 Å². The minimum atomic E-state index is -3.70. The van der Waals surface area contributed by atoms with Crippen LogP contribution in [0.15, 0.2) is 76.2 Å². The van der Waals surface area contributed by atoms with Crippen LogP contribution in [0.4, 0.5) is 11.4 Å². The molecule has 6 nitrogen and oxygen atoms in total. The van der Waals surface area contributed by atoms with Gasteiger partial charge in [0.15, 0.2) is 5.76 Å². The second-order valence-electron chi connectivity index (χ2n) is 5.43. The Labute approximate surface area is 145 Å². The normalized spacial score (nSPS) is 11.1. The van der Waals surface area contributed by atoms with E-state index in [0.29, 0.717) is 11.4 Å². The zero-order chi connectivity index (χ0) is 17.9. The number of aryl methyl sites for hydroxylation is 1. The first-order valence-corrected chi connectivity index (χ1v) is 8.97. The average Bonchev–Trinajstić information content (AvgIpc) is 3.12. The van der Waals surface area contributed by atoms with Crippen LogP contribution in [0.5, 0.6) is 0 Å². The van der Waals surface area contributed by atoms with Gasteiger partial charge in [0.2, 0.25) is 0 Å². The number of hydrogen-bond donors (Lipinski definition) is 2. The van der Waals surface area contributed by atoms with E-state index in [-0.39, 0.29) is 10.7 Å². The molecule has 0 saturated heterocycles. The summed E-state index contributed by atoms with van der Waals surface area (Å²) in [5.74, 6) is -0.226. The summed E-state index contributed by atoms with van der Waals surface area (Å²) >= 11 is 0. The third-order valence-electron chi connectivity index (χ3n) is 3.47. The lowest BCUT2D eigenvalue weighted by Crippen LogP contribution is -2.14. The predicted octanol–water partition coefficient (Wildman–Crippen LogP) is 3.64. The van der Waals surface area contributed by atoms with Gasteiger partial charge in [-0.2, -0.15) is 0 Å². The van der Waals surface area contributed by atoms with Gasteiger partial charge in [0.25, 0.3) is 15.9 Å². The molecule has 0 atom stereocenters. The molecule has 0 aliphatic heterocycles. The van der Waals surface area contributed by atoms with Gasteiger partial charge in [0, 0.05) is 11.4 Å². The van der Waals surface area contributed by atoms with Crippen molar-refractivity contribution in [1.29, 1.82) is 0 Å². The SMILES string of the molecule is Cc1ccc(NS(=O)(=O)c2ccc(NC(=O)c3ccco3)cc2)cc1. The predicted molar refractivity (Wildman–Crippen MR) is 95.1 cm³/mol. The molecule has 0 fully saturated rings. The maximum atomic E-state index is 12.4. The van der Waals surface area contributed by atoms with Gasteiger partial charge in [-0.3, -0.25) is 9.52 Å². The highest BCUT2D eigenvalue weighted by Crippen LogP contribution is 2.19. The Morgan fingerprint density at radius 2 is 1.56 bits per heavy atom. The number of hydrogen-bond acceptors (Lipinski definition) is 4. The first-order chi connectivity index (χ1) is 11.9. The fourth-order valence-corrected chi connectivity index (χ4v) is 3.21. The van der Waals surface area contributed by atoms with Crippen LogP contribution in [0.3, 0.4) is 0 Å². The van der Waals surface area contributed by atoms with Gasteiger partial charge in [-0.15, -0.1) is 0 Å². The van der Waals surface area contributed by atoms with Crippen molar-refractivity contribution in [1.82, 2.24) is 0 Å². The molecule has 0 radical (unpaired) electrons. The Balaban J connectivity index is 1.72. The van der Waals surface area contributed by atoms with Crippen molar-refractivity contribution in [3.63, 3.8) is 0 Å². The molecular formula is C18H16N2O4S. The molecule has 3 aromatic rings. The topological polar surface area (TPSA) is 88.4 Å². The van der Waals surface area contributed by atoms with Gasteiger partial charge in [-0.1, -0.05) is 17.7 Å². The quantitative estimate of drug-likeness (QED) is 0.730. The average molecular weight is 356 g/mol. The van der Waals surface area contributed by atoms with Crippen LogP contribution in [0.1, 0.15) is 16.1 Å². The monoisotopic (exact) mass is 356 g/mol. The van der Waals surface area contributed by atoms with Gasteiger partial charge in [-0.25, -0.2) is 8.42 Å². The molecule has 2 N–H and O–H groups in total. The van der Waals surface area contributed by atoms with E-state index in [2.05, 4.69) is 10.0 Å². The lowest BCUT2D eigenvalue weighted by atomic mass is 10.2. The van der Waals surface area contributed by atoms with E-state index in [1.807, 2.05) is 19.1 Å². The van der Waals surface area contributed by atoms with Crippen LogP contribution in [0.2, 0.25) is 0 Å². The van der Waals surface area contributed by atoms with Crippen molar-refractivity contribution in [3.8, 4) is 0 Å². The van der Waals surface area contributed by atoms with Gasteiger partial charge in [-0.05, 0) is 55.5 Å². The number of carbonyl (C=O) groups is 1. The fourth-order valence-electron chi connectivity index (χ4n) is 2.15. The number of rotatable bonds is 5. The molecule has 1 heterocycles. The highest BCUT2D eigenvalue weighted by Gasteiger charge is 2.15. The van der Waals surface area contributed by atoms with Crippen molar-refractivity contribution in [3.05, 3.63) is 78.3 Å². The maximum Gasteiger partial charge on any atom is 0.291 e. The number of furan rings is 1. The van der Waals surface area contributed by atoms with Crippen LogP contribution < -0.4 is 10.0 Å². The second-order valence-corrected chi connectivity index (χ2v) is 7.11. The highest BCUT2D eigenvalue weighted by atomic mass is 32.2. The second kappa shape index (κ2) is 6.82. The summed E-state index contributed by atoms with van der Waals surface area (Å²) in [5, 5.41) is 2.63. The fraction of sp³-hybridized carbons (Fsp3) is 0.0556. The summed E-state index contributed by atoms with van der Waals surface area (Å²) in [6, 6.07) is 16.1. The summed E-state index contributed by atoms with van der Waals surface area (Å²) in [6.07, 6.45) is 1.40. The molecule has 0 saturated carbocycles. The van der Waals surface area contributed by atoms with Gasteiger partial charge < -0.3 is 9.73 Å². The number of carbonyl (C=O) groups excluding carboxylic acids is 1. The molecule has 25 heavy (non-hydrogen) atoms. The molecule has 0 aliphatic carbocycles. The standard InChI is InChI=1S/C18H16N2O4S/c1-13-4-6-15(7-5-13)20-25(22,23)16-10-8-14(9-11-16)19-18(21)17-3-2-12-24-17/h2-12,20H,1H3,(H,19,21). The van der Waals surface area contributed by atoms with Gasteiger partial charge >= 0.3 is 0 Å². The summed E-state index contributed by atoms with van der Waals surface area (Å²) in [7, 11) is -3.70. The third-order valence-corrected chi connectivity index (χ3v) is 4.87. The third kappa shape index (κ3) is 4.07. The van der Waals surface area contributed by atoms with E-state index in [1.165, 1.54) is 30.5 Å². The van der Waals surface area contributed by atoms with E-state index in [0.717, 1.165) is 5.56 Å². The molecule has 7 heteroatoms. The summed E-state index contributed by atoms with van der Waals surface area (Å²) in [6.45, 7) is 1.92. The number of nitrogens with one attached hydrogen (secondary N) is 2. The minimum absolute atomic E-state index is 0.101. The van der Waals surface area contributed by atoms with Crippen LogP contribution >= 0.6 is 0 Å². The Morgan fingerprint density at radius 1 is 0.920 bits per heavy atom. The summed E-state index contributed by atoms with van der Waals surface area (Å²) in [4.78, 5) is 12.0. The Hall–Kier alpha value is -3.06. The first kappa shape index (κ1) is 16.8. The maximum absolute atomic E-state index is 12.4. The van der Waals surface area contributed by atoms with Crippen LogP contribution in [0.25, 0.3) is 0 Å². The Bertz CT molecular complexity index is 961. The lowest BCUT2D eigenvalue weighted by Gasteiger charge is -2.09. The zero-order valence-corrected chi connectivity index (χ0v) is 14.2. The summed E-state index contributed by atoms with van der Waals surface area (Å²) < 4.78 is 32.3. The van der Waals surface area contributed by atoms with Gasteiger partial charge in [0.1, 0.15) is 0 Å². The van der Waals surface area contributed by atoms with Crippen molar-refractivity contribution in [2.24, 2.45) is 0 Å². The van der Waals surface area contributed by atoms with E-state index in [9.17, 15) is 13.2 Å². The molecule has 2 aromatic carbocycles. The van der Waals surface area contributed by atoms with E-state index in [1.54, 1.807) is 24.3 Å². The van der Waals surface area contributed by atoms with Crippen LogP contribution in [0, 0.1) is 6.92 Å². The Morgan fingerprint density at radius 3 is 2.16 bits per heavy atom. The highest BCUT2D eigenvalue weighted by molar-refractivity contribution is 7.92. The molecule has 0 spiro atoms. The molecule has 0 bridgehead atoms. The number of benzene rings is 2. The minimum Gasteiger partial charge on any atom is -0.459 e.